The number of para-hydroxylation sites is 1. The normalized spacial score (nSPS) is 12.3. The zero-order chi connectivity index (χ0) is 20.2. The van der Waals surface area contributed by atoms with Gasteiger partial charge in [0, 0.05) is 0 Å². The highest BCUT2D eigenvalue weighted by molar-refractivity contribution is 7.89. The predicted octanol–water partition coefficient (Wildman–Crippen LogP) is 1.83. The molecule has 11 heteroatoms. The van der Waals surface area contributed by atoms with Crippen LogP contribution in [-0.2, 0) is 14.8 Å². The third-order valence-electron chi connectivity index (χ3n) is 3.36. The van der Waals surface area contributed by atoms with Crippen LogP contribution in [0.3, 0.4) is 0 Å². The minimum Gasteiger partial charge on any atom is -0.507 e. The third kappa shape index (κ3) is 5.10. The number of hydrazine groups is 1. The minimum absolute atomic E-state index is 0.0612. The van der Waals surface area contributed by atoms with E-state index in [1.54, 1.807) is 0 Å². The molecule has 0 aliphatic heterocycles. The molecule has 0 aliphatic carbocycles. The first-order chi connectivity index (χ1) is 12.6. The fourth-order valence-electron chi connectivity index (χ4n) is 2.04. The molecule has 0 saturated heterocycles. The zero-order valence-electron chi connectivity index (χ0n) is 13.9. The van der Waals surface area contributed by atoms with Crippen LogP contribution in [0.1, 0.15) is 17.3 Å². The molecule has 2 rings (SSSR count). The van der Waals surface area contributed by atoms with E-state index in [4.69, 9.17) is 23.2 Å². The second-order valence-electron chi connectivity index (χ2n) is 5.35. The highest BCUT2D eigenvalue weighted by Crippen LogP contribution is 2.28. The van der Waals surface area contributed by atoms with E-state index in [-0.39, 0.29) is 26.3 Å². The number of aromatic hydroxyl groups is 1. The first kappa shape index (κ1) is 21.0. The fourth-order valence-corrected chi connectivity index (χ4v) is 4.39. The molecule has 8 nitrogen and oxygen atoms in total. The Labute approximate surface area is 165 Å². The number of benzene rings is 2. The minimum atomic E-state index is -4.19. The molecule has 0 fully saturated rings. The second kappa shape index (κ2) is 8.57. The summed E-state index contributed by atoms with van der Waals surface area (Å²) in [4.78, 5) is 23.6. The number of hydrogen-bond donors (Lipinski definition) is 4. The molecule has 0 radical (unpaired) electrons. The van der Waals surface area contributed by atoms with Crippen molar-refractivity contribution in [3.8, 4) is 5.75 Å². The lowest BCUT2D eigenvalue weighted by Crippen LogP contribution is -2.51. The molecule has 144 valence electrons. The van der Waals surface area contributed by atoms with Gasteiger partial charge >= 0.3 is 0 Å². The van der Waals surface area contributed by atoms with Crippen LogP contribution in [0.25, 0.3) is 0 Å². The number of sulfonamides is 1. The summed E-state index contributed by atoms with van der Waals surface area (Å²) in [5.74, 6) is -1.89. The van der Waals surface area contributed by atoms with E-state index < -0.39 is 27.9 Å². The summed E-state index contributed by atoms with van der Waals surface area (Å²) in [6.45, 7) is 1.27. The Kier molecular flexibility index (Phi) is 6.66. The van der Waals surface area contributed by atoms with Gasteiger partial charge in [-0.2, -0.15) is 4.72 Å². The summed E-state index contributed by atoms with van der Waals surface area (Å²) in [6.07, 6.45) is 0. The zero-order valence-corrected chi connectivity index (χ0v) is 16.2. The Balaban J connectivity index is 2.03. The lowest BCUT2D eigenvalue weighted by Gasteiger charge is -2.16. The monoisotopic (exact) mass is 431 g/mol. The van der Waals surface area contributed by atoms with Crippen molar-refractivity contribution < 1.29 is 23.1 Å². The van der Waals surface area contributed by atoms with Crippen LogP contribution in [0.4, 0.5) is 0 Å². The van der Waals surface area contributed by atoms with Crippen molar-refractivity contribution >= 4 is 45.0 Å². The Bertz CT molecular complexity index is 962. The number of rotatable bonds is 5. The van der Waals surface area contributed by atoms with E-state index >= 15 is 0 Å². The number of phenols is 1. The number of hydrogen-bond acceptors (Lipinski definition) is 5. The van der Waals surface area contributed by atoms with E-state index in [1.165, 1.54) is 49.4 Å². The fraction of sp³-hybridized carbons (Fsp3) is 0.125. The highest BCUT2D eigenvalue weighted by Gasteiger charge is 2.26. The lowest BCUT2D eigenvalue weighted by molar-refractivity contribution is -0.123. The average molecular weight is 432 g/mol. The first-order valence-electron chi connectivity index (χ1n) is 7.48. The van der Waals surface area contributed by atoms with Gasteiger partial charge in [-0.05, 0) is 31.2 Å². The molecule has 0 spiro atoms. The molecule has 0 aromatic heterocycles. The van der Waals surface area contributed by atoms with Gasteiger partial charge in [0.1, 0.15) is 10.6 Å². The summed E-state index contributed by atoms with van der Waals surface area (Å²) >= 11 is 11.8. The Morgan fingerprint density at radius 3 is 2.19 bits per heavy atom. The van der Waals surface area contributed by atoms with Crippen LogP contribution in [0, 0.1) is 0 Å². The average Bonchev–Trinajstić information content (AvgIpc) is 2.58. The van der Waals surface area contributed by atoms with Gasteiger partial charge in [-0.1, -0.05) is 41.4 Å². The molecule has 2 aromatic carbocycles. The summed E-state index contributed by atoms with van der Waals surface area (Å²) in [5, 5.41) is 9.39. The third-order valence-corrected chi connectivity index (χ3v) is 5.86. The van der Waals surface area contributed by atoms with Crippen molar-refractivity contribution in [1.29, 1.82) is 0 Å². The largest absolute Gasteiger partial charge is 0.507 e. The van der Waals surface area contributed by atoms with Gasteiger partial charge in [0.15, 0.2) is 0 Å². The molecule has 1 atom stereocenters. The van der Waals surface area contributed by atoms with E-state index in [0.29, 0.717) is 0 Å². The van der Waals surface area contributed by atoms with Crippen molar-refractivity contribution in [2.75, 3.05) is 0 Å². The quantitative estimate of drug-likeness (QED) is 0.537. The maximum atomic E-state index is 12.4. The van der Waals surface area contributed by atoms with Crippen LogP contribution >= 0.6 is 23.2 Å². The summed E-state index contributed by atoms with van der Waals surface area (Å²) in [5.41, 5.74) is 4.09. The lowest BCUT2D eigenvalue weighted by atomic mass is 10.2. The van der Waals surface area contributed by atoms with E-state index in [2.05, 4.69) is 15.6 Å². The SMILES string of the molecule is CC(NS(=O)(=O)c1c(Cl)cccc1Cl)C(=O)NNC(=O)c1ccccc1O. The van der Waals surface area contributed by atoms with Crippen molar-refractivity contribution in [3.63, 3.8) is 0 Å². The van der Waals surface area contributed by atoms with Gasteiger partial charge in [0.25, 0.3) is 11.8 Å². The molecule has 0 aliphatic rings. The summed E-state index contributed by atoms with van der Waals surface area (Å²) in [6, 6.07) is 8.63. The highest BCUT2D eigenvalue weighted by atomic mass is 35.5. The van der Waals surface area contributed by atoms with E-state index in [9.17, 15) is 23.1 Å². The number of amides is 2. The van der Waals surface area contributed by atoms with Crippen molar-refractivity contribution in [2.45, 2.75) is 17.9 Å². The van der Waals surface area contributed by atoms with Crippen LogP contribution in [0.15, 0.2) is 47.4 Å². The first-order valence-corrected chi connectivity index (χ1v) is 9.72. The molecule has 2 aromatic rings. The second-order valence-corrected chi connectivity index (χ2v) is 7.82. The summed E-state index contributed by atoms with van der Waals surface area (Å²) in [7, 11) is -4.19. The number of nitrogens with one attached hydrogen (secondary N) is 3. The maximum Gasteiger partial charge on any atom is 0.273 e. The standard InChI is InChI=1S/C16H15Cl2N3O5S/c1-9(21-27(25,26)14-11(17)6-4-7-12(14)18)15(23)19-20-16(24)10-5-2-3-8-13(10)22/h2-9,21-22H,1H3,(H,19,23)(H,20,24). The van der Waals surface area contributed by atoms with Gasteiger partial charge in [-0.15, -0.1) is 0 Å². The number of phenolic OH excluding ortho intramolecular Hbond substituents is 1. The summed E-state index contributed by atoms with van der Waals surface area (Å²) < 4.78 is 26.9. The Morgan fingerprint density at radius 1 is 1.00 bits per heavy atom. The molecule has 0 heterocycles. The molecule has 4 N–H and O–H groups in total. The van der Waals surface area contributed by atoms with Gasteiger partial charge in [0.2, 0.25) is 10.0 Å². The molecular formula is C16H15Cl2N3O5S. The number of carbonyl (C=O) groups is 2. The molecule has 27 heavy (non-hydrogen) atoms. The number of halogens is 2. The van der Waals surface area contributed by atoms with Crippen molar-refractivity contribution in [1.82, 2.24) is 15.6 Å². The van der Waals surface area contributed by atoms with Crippen LogP contribution in [0.2, 0.25) is 10.0 Å². The van der Waals surface area contributed by atoms with Crippen LogP contribution < -0.4 is 15.6 Å². The molecule has 0 bridgehead atoms. The topological polar surface area (TPSA) is 125 Å². The van der Waals surface area contributed by atoms with Crippen molar-refractivity contribution in [3.05, 3.63) is 58.1 Å². The van der Waals surface area contributed by atoms with E-state index in [1.807, 2.05) is 0 Å². The van der Waals surface area contributed by atoms with Crippen LogP contribution in [-0.4, -0.2) is 31.4 Å². The smallest absolute Gasteiger partial charge is 0.273 e. The molecule has 2 amide bonds. The van der Waals surface area contributed by atoms with Crippen LogP contribution in [0.5, 0.6) is 5.75 Å². The predicted molar refractivity (Wildman–Crippen MR) is 100.0 cm³/mol. The Hall–Kier alpha value is -2.33. The maximum absolute atomic E-state index is 12.4. The van der Waals surface area contributed by atoms with E-state index in [0.717, 1.165) is 0 Å². The molecule has 1 unspecified atom stereocenters. The van der Waals surface area contributed by atoms with Gasteiger partial charge in [-0.25, -0.2) is 8.42 Å². The molecular weight excluding hydrogens is 417 g/mol. The van der Waals surface area contributed by atoms with Gasteiger partial charge in [0.05, 0.1) is 21.7 Å². The molecule has 0 saturated carbocycles. The van der Waals surface area contributed by atoms with Gasteiger partial charge < -0.3 is 5.11 Å². The van der Waals surface area contributed by atoms with Gasteiger partial charge in [-0.3, -0.25) is 20.4 Å². The van der Waals surface area contributed by atoms with Crippen molar-refractivity contribution in [2.24, 2.45) is 0 Å². The Morgan fingerprint density at radius 2 is 1.59 bits per heavy atom. The number of carbonyl (C=O) groups excluding carboxylic acids is 2.